The Labute approximate surface area is 138 Å². The minimum atomic E-state index is 0.342. The van der Waals surface area contributed by atoms with Gasteiger partial charge in [-0.25, -0.2) is 0 Å². The molecule has 0 radical (unpaired) electrons. The lowest BCUT2D eigenvalue weighted by atomic mass is 9.86. The lowest BCUT2D eigenvalue weighted by Crippen LogP contribution is -2.27. The van der Waals surface area contributed by atoms with Crippen LogP contribution in [0.1, 0.15) is 11.1 Å². The number of rotatable bonds is 0. The van der Waals surface area contributed by atoms with Gasteiger partial charge in [0.2, 0.25) is 0 Å². The maximum Gasteiger partial charge on any atom is 0.0877 e. The highest BCUT2D eigenvalue weighted by Gasteiger charge is 2.17. The number of hydrogen-bond donors (Lipinski definition) is 2. The monoisotopic (exact) mass is 308 g/mol. The summed E-state index contributed by atoms with van der Waals surface area (Å²) in [4.78, 5) is 0. The summed E-state index contributed by atoms with van der Waals surface area (Å²) in [6.07, 6.45) is 0. The number of nitrogens with one attached hydrogen (secondary N) is 2. The predicted octanol–water partition coefficient (Wildman–Crippen LogP) is 4.75. The fraction of sp³-hybridized carbons (Fsp3) is 0.0909. The second-order valence-corrected chi connectivity index (χ2v) is 6.64. The van der Waals surface area contributed by atoms with Crippen molar-refractivity contribution < 1.29 is 0 Å². The van der Waals surface area contributed by atoms with E-state index in [0.29, 0.717) is 10.7 Å². The summed E-state index contributed by atoms with van der Waals surface area (Å²) in [5.74, 6) is 0. The molecular formula is C22H16N2. The molecule has 0 atom stereocenters. The molecule has 114 valence electrons. The third-order valence-electron chi connectivity index (χ3n) is 5.38. The zero-order valence-corrected chi connectivity index (χ0v) is 13.6. The van der Waals surface area contributed by atoms with E-state index >= 15 is 0 Å². The molecule has 0 aromatic heterocycles. The van der Waals surface area contributed by atoms with Crippen LogP contribution in [-0.2, 0) is 0 Å². The maximum absolute atomic E-state index is 8.64. The normalized spacial score (nSPS) is 12.1. The van der Waals surface area contributed by atoms with Gasteiger partial charge in [0.1, 0.15) is 0 Å². The first-order valence-corrected chi connectivity index (χ1v) is 8.15. The molecule has 0 unspecified atom stereocenters. The largest absolute Gasteiger partial charge is 0.298 e. The average molecular weight is 308 g/mol. The quantitative estimate of drug-likeness (QED) is 0.306. The molecule has 0 saturated carbocycles. The van der Waals surface area contributed by atoms with Gasteiger partial charge in [0.25, 0.3) is 0 Å². The van der Waals surface area contributed by atoms with Crippen molar-refractivity contribution in [2.75, 3.05) is 0 Å². The lowest BCUT2D eigenvalue weighted by molar-refractivity contribution is 1.13. The molecule has 0 aliphatic rings. The Morgan fingerprint density at radius 1 is 0.583 bits per heavy atom. The van der Waals surface area contributed by atoms with E-state index < -0.39 is 0 Å². The van der Waals surface area contributed by atoms with Crippen molar-refractivity contribution in [3.63, 3.8) is 0 Å². The molecule has 24 heavy (non-hydrogen) atoms. The summed E-state index contributed by atoms with van der Waals surface area (Å²) in [5.41, 5.74) is 2.08. The van der Waals surface area contributed by atoms with E-state index in [1.54, 1.807) is 0 Å². The Hall–Kier alpha value is -3.00. The topological polar surface area (TPSA) is 47.7 Å². The fourth-order valence-corrected chi connectivity index (χ4v) is 4.28. The van der Waals surface area contributed by atoms with E-state index in [9.17, 15) is 0 Å². The highest BCUT2D eigenvalue weighted by molar-refractivity contribution is 6.33. The van der Waals surface area contributed by atoms with Gasteiger partial charge < -0.3 is 0 Å². The van der Waals surface area contributed by atoms with Gasteiger partial charge in [-0.1, -0.05) is 48.5 Å². The molecule has 0 aliphatic carbocycles. The van der Waals surface area contributed by atoms with E-state index in [4.69, 9.17) is 10.8 Å². The molecule has 0 fully saturated rings. The van der Waals surface area contributed by atoms with Crippen molar-refractivity contribution in [2.24, 2.45) is 0 Å². The third-order valence-corrected chi connectivity index (χ3v) is 5.38. The highest BCUT2D eigenvalue weighted by atomic mass is 14.4. The zero-order valence-electron chi connectivity index (χ0n) is 13.6. The first kappa shape index (κ1) is 13.4. The van der Waals surface area contributed by atoms with Gasteiger partial charge in [0, 0.05) is 10.8 Å². The van der Waals surface area contributed by atoms with Crippen LogP contribution in [-0.4, -0.2) is 0 Å². The second-order valence-electron chi connectivity index (χ2n) is 6.64. The van der Waals surface area contributed by atoms with Crippen LogP contribution in [0.2, 0.25) is 0 Å². The summed E-state index contributed by atoms with van der Waals surface area (Å²) in [7, 11) is 0. The van der Waals surface area contributed by atoms with Crippen LogP contribution >= 0.6 is 0 Å². The van der Waals surface area contributed by atoms with Crippen molar-refractivity contribution in [3.05, 3.63) is 70.4 Å². The molecule has 0 aliphatic heterocycles. The van der Waals surface area contributed by atoms with Gasteiger partial charge in [-0.05, 0) is 57.3 Å². The molecule has 0 amide bonds. The summed E-state index contributed by atoms with van der Waals surface area (Å²) in [6.45, 7) is 4.07. The maximum atomic E-state index is 8.64. The van der Waals surface area contributed by atoms with Gasteiger partial charge in [0.15, 0.2) is 0 Å². The molecule has 5 rings (SSSR count). The summed E-state index contributed by atoms with van der Waals surface area (Å²) in [5, 5.41) is 26.9. The van der Waals surface area contributed by atoms with Crippen LogP contribution < -0.4 is 10.7 Å². The number of benzene rings is 5. The molecule has 2 heteroatoms. The van der Waals surface area contributed by atoms with Crippen molar-refractivity contribution in [1.82, 2.24) is 0 Å². The molecule has 2 N–H and O–H groups in total. The molecule has 0 bridgehead atoms. The molecule has 2 nitrogen and oxygen atoms in total. The lowest BCUT2D eigenvalue weighted by Gasteiger charge is -2.17. The van der Waals surface area contributed by atoms with Gasteiger partial charge >= 0.3 is 0 Å². The second kappa shape index (κ2) is 4.30. The summed E-state index contributed by atoms with van der Waals surface area (Å²) >= 11 is 0. The predicted molar refractivity (Wildman–Crippen MR) is 100 cm³/mol. The van der Waals surface area contributed by atoms with Crippen LogP contribution in [0.25, 0.3) is 43.1 Å². The first-order chi connectivity index (χ1) is 11.6. The summed E-state index contributed by atoms with van der Waals surface area (Å²) < 4.78 is 0. The Morgan fingerprint density at radius 3 is 2.00 bits per heavy atom. The van der Waals surface area contributed by atoms with Crippen LogP contribution in [0.4, 0.5) is 0 Å². The average Bonchev–Trinajstić information content (AvgIpc) is 2.59. The fourth-order valence-electron chi connectivity index (χ4n) is 4.28. The van der Waals surface area contributed by atoms with E-state index in [-0.39, 0.29) is 0 Å². The van der Waals surface area contributed by atoms with E-state index in [1.165, 1.54) is 27.1 Å². The smallest absolute Gasteiger partial charge is 0.0877 e. The van der Waals surface area contributed by atoms with Crippen LogP contribution in [0.15, 0.2) is 48.5 Å². The Morgan fingerprint density at radius 2 is 1.25 bits per heavy atom. The number of hydrogen-bond acceptors (Lipinski definition) is 2. The molecule has 0 spiro atoms. The van der Waals surface area contributed by atoms with Crippen molar-refractivity contribution in [1.29, 1.82) is 10.8 Å². The number of aryl methyl sites for hydroxylation is 2. The van der Waals surface area contributed by atoms with Gasteiger partial charge in [0.05, 0.1) is 10.7 Å². The van der Waals surface area contributed by atoms with E-state index in [0.717, 1.165) is 27.1 Å². The van der Waals surface area contributed by atoms with Crippen LogP contribution in [0.5, 0.6) is 0 Å². The molecule has 0 heterocycles. The van der Waals surface area contributed by atoms with Gasteiger partial charge in [-0.3, -0.25) is 10.8 Å². The number of fused-ring (bicyclic) bond motifs is 2. The Balaban J connectivity index is 2.37. The molecule has 0 saturated heterocycles. The molecular weight excluding hydrogens is 292 g/mol. The van der Waals surface area contributed by atoms with E-state index in [1.807, 2.05) is 6.92 Å². The van der Waals surface area contributed by atoms with Crippen LogP contribution in [0, 0.1) is 24.7 Å². The van der Waals surface area contributed by atoms with Gasteiger partial charge in [-0.15, -0.1) is 0 Å². The van der Waals surface area contributed by atoms with Crippen molar-refractivity contribution in [2.45, 2.75) is 13.8 Å². The van der Waals surface area contributed by atoms with Gasteiger partial charge in [-0.2, -0.15) is 0 Å². The standard InChI is InChI=1S/C22H16N2/c1-11-9-10-15-14-7-3-5-13-6-4-8-16(18(13)14)20-19(15)17(11)12(2)21(23)22(20)24/h3-10,23-24H,1-2H3. The van der Waals surface area contributed by atoms with Crippen molar-refractivity contribution >= 4 is 43.1 Å². The van der Waals surface area contributed by atoms with Crippen molar-refractivity contribution in [3.8, 4) is 0 Å². The van der Waals surface area contributed by atoms with E-state index in [2.05, 4.69) is 55.5 Å². The Kier molecular flexibility index (Phi) is 2.41. The minimum absolute atomic E-state index is 0.342. The highest BCUT2D eigenvalue weighted by Crippen LogP contribution is 2.39. The first-order valence-electron chi connectivity index (χ1n) is 8.15. The summed E-state index contributed by atoms with van der Waals surface area (Å²) in [6, 6.07) is 17.0. The molecule has 5 aromatic rings. The minimum Gasteiger partial charge on any atom is -0.298 e. The van der Waals surface area contributed by atoms with Crippen LogP contribution in [0.3, 0.4) is 0 Å². The Bertz CT molecular complexity index is 1390. The third kappa shape index (κ3) is 1.41. The SMILES string of the molecule is Cc1ccc2c3cccc4cccc(c5c(=N)c(=N)c(C)c1c25)c43. The zero-order chi connectivity index (χ0) is 16.6. The molecule has 5 aromatic carbocycles.